The van der Waals surface area contributed by atoms with Gasteiger partial charge in [0.05, 0.1) is 12.2 Å². The van der Waals surface area contributed by atoms with Gasteiger partial charge in [0, 0.05) is 11.6 Å². The molecule has 1 aliphatic heterocycles. The molecule has 0 bridgehead atoms. The molecule has 1 unspecified atom stereocenters. The predicted molar refractivity (Wildman–Crippen MR) is 72.3 cm³/mol. The fourth-order valence-corrected chi connectivity index (χ4v) is 2.50. The lowest BCUT2D eigenvalue weighted by Gasteiger charge is -2.21. The van der Waals surface area contributed by atoms with Crippen molar-refractivity contribution in [1.82, 2.24) is 5.32 Å². The maximum atomic E-state index is 11.9. The number of amides is 1. The van der Waals surface area contributed by atoms with E-state index >= 15 is 0 Å². The molecule has 1 aliphatic rings. The van der Waals surface area contributed by atoms with Gasteiger partial charge in [-0.15, -0.1) is 0 Å². The van der Waals surface area contributed by atoms with Gasteiger partial charge in [-0.05, 0) is 44.7 Å². The van der Waals surface area contributed by atoms with Gasteiger partial charge in [0.2, 0.25) is 0 Å². The second-order valence-corrected chi connectivity index (χ2v) is 5.30. The van der Waals surface area contributed by atoms with Crippen molar-refractivity contribution in [3.8, 4) is 0 Å². The summed E-state index contributed by atoms with van der Waals surface area (Å²) in [5, 5.41) is 3.71. The molecule has 1 aromatic carbocycles. The van der Waals surface area contributed by atoms with Crippen molar-refractivity contribution < 1.29 is 9.53 Å². The maximum Gasteiger partial charge on any atom is 0.415 e. The number of halogens is 1. The molecule has 0 aromatic heterocycles. The van der Waals surface area contributed by atoms with E-state index in [-0.39, 0.29) is 6.09 Å². The Morgan fingerprint density at radius 3 is 2.89 bits per heavy atom. The normalized spacial score (nSPS) is 23.3. The third-order valence-electron chi connectivity index (χ3n) is 3.05. The van der Waals surface area contributed by atoms with Gasteiger partial charge in [-0.1, -0.05) is 11.6 Å². The summed E-state index contributed by atoms with van der Waals surface area (Å²) in [4.78, 5) is 13.6. The number of benzene rings is 1. The van der Waals surface area contributed by atoms with E-state index in [0.717, 1.165) is 11.3 Å². The summed E-state index contributed by atoms with van der Waals surface area (Å²) >= 11 is 5.92. The van der Waals surface area contributed by atoms with E-state index < -0.39 is 5.60 Å². The summed E-state index contributed by atoms with van der Waals surface area (Å²) in [7, 11) is 1.84. The highest BCUT2D eigenvalue weighted by molar-refractivity contribution is 6.30. The van der Waals surface area contributed by atoms with E-state index in [1.807, 2.05) is 33.0 Å². The average molecular weight is 269 g/mol. The lowest BCUT2D eigenvalue weighted by molar-refractivity contribution is 0.0734. The summed E-state index contributed by atoms with van der Waals surface area (Å²) in [5.41, 5.74) is 1.33. The zero-order valence-corrected chi connectivity index (χ0v) is 11.5. The number of nitrogens with zero attached hydrogens (tertiary/aromatic N) is 1. The van der Waals surface area contributed by atoms with E-state index in [2.05, 4.69) is 5.32 Å². The zero-order valence-electron chi connectivity index (χ0n) is 10.8. The zero-order chi connectivity index (χ0) is 13.3. The van der Waals surface area contributed by atoms with E-state index in [1.54, 1.807) is 11.0 Å². The van der Waals surface area contributed by atoms with Crippen LogP contribution >= 0.6 is 11.6 Å². The number of anilines is 1. The minimum atomic E-state index is -0.488. The van der Waals surface area contributed by atoms with Crippen molar-refractivity contribution in [1.29, 1.82) is 0 Å². The van der Waals surface area contributed by atoms with Crippen LogP contribution in [0.3, 0.4) is 0 Å². The quantitative estimate of drug-likeness (QED) is 0.916. The Bertz CT molecular complexity index is 478. The second-order valence-electron chi connectivity index (χ2n) is 4.87. The highest BCUT2D eigenvalue weighted by Crippen LogP contribution is 2.31. The topological polar surface area (TPSA) is 41.6 Å². The molecule has 1 fully saturated rings. The molecule has 0 spiro atoms. The van der Waals surface area contributed by atoms with Crippen molar-refractivity contribution in [2.75, 3.05) is 25.0 Å². The molecule has 98 valence electrons. The first-order valence-electron chi connectivity index (χ1n) is 5.86. The average Bonchev–Trinajstić information content (AvgIpc) is 2.54. The summed E-state index contributed by atoms with van der Waals surface area (Å²) in [5.74, 6) is 0. The van der Waals surface area contributed by atoms with Crippen LogP contribution in [0.5, 0.6) is 0 Å². The molecular weight excluding hydrogens is 252 g/mol. The Morgan fingerprint density at radius 2 is 2.28 bits per heavy atom. The van der Waals surface area contributed by atoms with Gasteiger partial charge in [0.25, 0.3) is 0 Å². The highest BCUT2D eigenvalue weighted by Gasteiger charge is 2.41. The number of likely N-dealkylation sites (N-methyl/N-ethyl adjacent to an activating group) is 1. The fraction of sp³-hybridized carbons (Fsp3) is 0.462. The van der Waals surface area contributed by atoms with Crippen LogP contribution < -0.4 is 10.2 Å². The third-order valence-corrected chi connectivity index (χ3v) is 3.28. The van der Waals surface area contributed by atoms with Crippen molar-refractivity contribution in [2.45, 2.75) is 19.4 Å². The molecular formula is C13H17ClN2O2. The Kier molecular flexibility index (Phi) is 3.50. The lowest BCUT2D eigenvalue weighted by atomic mass is 10.1. The fourth-order valence-electron chi connectivity index (χ4n) is 2.27. The summed E-state index contributed by atoms with van der Waals surface area (Å²) in [6, 6.07) is 5.48. The molecule has 1 heterocycles. The first-order valence-corrected chi connectivity index (χ1v) is 6.24. The summed E-state index contributed by atoms with van der Waals surface area (Å²) < 4.78 is 5.43. The first kappa shape index (κ1) is 13.2. The predicted octanol–water partition coefficient (Wildman–Crippen LogP) is 2.58. The van der Waals surface area contributed by atoms with E-state index in [4.69, 9.17) is 16.3 Å². The molecule has 2 rings (SSSR count). The SMILES string of the molecule is CNCC1(C)CN(c2ccc(Cl)cc2C)C(=O)O1. The van der Waals surface area contributed by atoms with E-state index in [0.29, 0.717) is 18.1 Å². The standard InChI is InChI=1S/C13H17ClN2O2/c1-9-6-10(14)4-5-11(9)16-8-13(2,7-15-3)18-12(16)17/h4-6,15H,7-8H2,1-3H3. The molecule has 0 saturated carbocycles. The Hall–Kier alpha value is -1.26. The number of ether oxygens (including phenoxy) is 1. The molecule has 1 N–H and O–H groups in total. The van der Waals surface area contributed by atoms with Gasteiger partial charge in [-0.2, -0.15) is 0 Å². The van der Waals surface area contributed by atoms with E-state index in [1.165, 1.54) is 0 Å². The van der Waals surface area contributed by atoms with Crippen molar-refractivity contribution in [3.05, 3.63) is 28.8 Å². The van der Waals surface area contributed by atoms with Gasteiger partial charge in [-0.25, -0.2) is 4.79 Å². The van der Waals surface area contributed by atoms with Gasteiger partial charge in [0.15, 0.2) is 0 Å². The molecule has 1 amide bonds. The van der Waals surface area contributed by atoms with Crippen LogP contribution in [0.15, 0.2) is 18.2 Å². The van der Waals surface area contributed by atoms with Gasteiger partial charge >= 0.3 is 6.09 Å². The molecule has 18 heavy (non-hydrogen) atoms. The number of carbonyl (C=O) groups excluding carboxylic acids is 1. The third kappa shape index (κ3) is 2.44. The molecule has 0 aliphatic carbocycles. The van der Waals surface area contributed by atoms with Crippen LogP contribution in [0.25, 0.3) is 0 Å². The smallest absolute Gasteiger partial charge is 0.415 e. The second kappa shape index (κ2) is 4.78. The Balaban J connectivity index is 2.27. The molecule has 1 atom stereocenters. The highest BCUT2D eigenvalue weighted by atomic mass is 35.5. The number of aryl methyl sites for hydroxylation is 1. The minimum Gasteiger partial charge on any atom is -0.440 e. The molecule has 0 radical (unpaired) electrons. The van der Waals surface area contributed by atoms with Gasteiger partial charge in [-0.3, -0.25) is 4.90 Å². The molecule has 1 aromatic rings. The maximum absolute atomic E-state index is 11.9. The Labute approximate surface area is 112 Å². The summed E-state index contributed by atoms with van der Waals surface area (Å²) in [6.07, 6.45) is -0.307. The van der Waals surface area contributed by atoms with Crippen LogP contribution in [-0.4, -0.2) is 31.8 Å². The minimum absolute atomic E-state index is 0.307. The van der Waals surface area contributed by atoms with Gasteiger partial charge < -0.3 is 10.1 Å². The lowest BCUT2D eigenvalue weighted by Crippen LogP contribution is -2.40. The van der Waals surface area contributed by atoms with Crippen LogP contribution in [0.2, 0.25) is 5.02 Å². The number of hydrogen-bond donors (Lipinski definition) is 1. The van der Waals surface area contributed by atoms with Crippen molar-refractivity contribution in [2.24, 2.45) is 0 Å². The number of hydrogen-bond acceptors (Lipinski definition) is 3. The number of carbonyl (C=O) groups is 1. The van der Waals surface area contributed by atoms with Crippen LogP contribution in [0, 0.1) is 6.92 Å². The number of rotatable bonds is 3. The van der Waals surface area contributed by atoms with Crippen LogP contribution in [0.4, 0.5) is 10.5 Å². The van der Waals surface area contributed by atoms with Crippen molar-refractivity contribution in [3.63, 3.8) is 0 Å². The number of nitrogens with one attached hydrogen (secondary N) is 1. The Morgan fingerprint density at radius 1 is 1.56 bits per heavy atom. The summed E-state index contributed by atoms with van der Waals surface area (Å²) in [6.45, 7) is 5.02. The van der Waals surface area contributed by atoms with Crippen LogP contribution in [0.1, 0.15) is 12.5 Å². The monoisotopic (exact) mass is 268 g/mol. The largest absolute Gasteiger partial charge is 0.440 e. The van der Waals surface area contributed by atoms with Crippen molar-refractivity contribution >= 4 is 23.4 Å². The molecule has 4 nitrogen and oxygen atoms in total. The van der Waals surface area contributed by atoms with Crippen LogP contribution in [-0.2, 0) is 4.74 Å². The number of cyclic esters (lactones) is 1. The molecule has 5 heteroatoms. The van der Waals surface area contributed by atoms with Gasteiger partial charge in [0.1, 0.15) is 5.60 Å². The first-order chi connectivity index (χ1) is 8.45. The van der Waals surface area contributed by atoms with E-state index in [9.17, 15) is 4.79 Å². The molecule has 1 saturated heterocycles.